The second kappa shape index (κ2) is 5.83. The van der Waals surface area contributed by atoms with Crippen molar-refractivity contribution in [2.24, 2.45) is 0 Å². The molecule has 3 heteroatoms. The van der Waals surface area contributed by atoms with Gasteiger partial charge in [-0.15, -0.1) is 0 Å². The number of nitrogens with two attached hydrogens (primary N) is 1. The zero-order chi connectivity index (χ0) is 13.0. The van der Waals surface area contributed by atoms with E-state index in [-0.39, 0.29) is 5.92 Å². The molecule has 0 saturated heterocycles. The third-order valence-corrected chi connectivity index (χ3v) is 4.60. The van der Waals surface area contributed by atoms with E-state index in [2.05, 4.69) is 19.1 Å². The lowest BCUT2D eigenvalue weighted by Crippen LogP contribution is -2.08. The Labute approximate surface area is 110 Å². The van der Waals surface area contributed by atoms with Crippen LogP contribution in [-0.2, 0) is 10.8 Å². The molecular weight excluding hydrogens is 242 g/mol. The Morgan fingerprint density at radius 1 is 1.06 bits per heavy atom. The molecule has 0 amide bonds. The molecule has 2 N–H and O–H groups in total. The van der Waals surface area contributed by atoms with Gasteiger partial charge in [0.05, 0.1) is 15.7 Å². The molecule has 2 aromatic rings. The van der Waals surface area contributed by atoms with Crippen LogP contribution >= 0.6 is 0 Å². The van der Waals surface area contributed by atoms with E-state index in [1.54, 1.807) is 6.07 Å². The summed E-state index contributed by atoms with van der Waals surface area (Å²) in [5.74, 6) is 0.852. The molecule has 2 unspecified atom stereocenters. The summed E-state index contributed by atoms with van der Waals surface area (Å²) in [5.41, 5.74) is 7.66. The minimum absolute atomic E-state index is 0.256. The van der Waals surface area contributed by atoms with E-state index in [9.17, 15) is 4.21 Å². The Morgan fingerprint density at radius 3 is 2.33 bits per heavy atom. The van der Waals surface area contributed by atoms with E-state index < -0.39 is 10.8 Å². The Bertz CT molecular complexity index is 539. The Kier molecular flexibility index (Phi) is 4.15. The lowest BCUT2D eigenvalue weighted by Gasteiger charge is -2.12. The van der Waals surface area contributed by atoms with Crippen LogP contribution < -0.4 is 5.73 Å². The van der Waals surface area contributed by atoms with Crippen molar-refractivity contribution in [3.63, 3.8) is 0 Å². The van der Waals surface area contributed by atoms with Gasteiger partial charge in [-0.25, -0.2) is 0 Å². The molecule has 0 radical (unpaired) electrons. The molecule has 0 heterocycles. The maximum atomic E-state index is 12.3. The summed E-state index contributed by atoms with van der Waals surface area (Å²) in [4.78, 5) is 0.736. The quantitative estimate of drug-likeness (QED) is 0.857. The summed E-state index contributed by atoms with van der Waals surface area (Å²) in [7, 11) is -1.05. The summed E-state index contributed by atoms with van der Waals surface area (Å²) in [6, 6.07) is 17.5. The van der Waals surface area contributed by atoms with Crippen LogP contribution in [0.5, 0.6) is 0 Å². The Balaban J connectivity index is 2.11. The van der Waals surface area contributed by atoms with Crippen molar-refractivity contribution in [3.05, 3.63) is 60.2 Å². The summed E-state index contributed by atoms with van der Waals surface area (Å²) >= 11 is 0. The number of anilines is 1. The first-order chi connectivity index (χ1) is 8.68. The van der Waals surface area contributed by atoms with Gasteiger partial charge < -0.3 is 5.73 Å². The van der Waals surface area contributed by atoms with Crippen molar-refractivity contribution in [2.45, 2.75) is 17.7 Å². The van der Waals surface area contributed by atoms with Gasteiger partial charge in [0.1, 0.15) is 0 Å². The Hall–Kier alpha value is -1.61. The highest BCUT2D eigenvalue weighted by atomic mass is 32.2. The molecule has 0 fully saturated rings. The third kappa shape index (κ3) is 2.99. The van der Waals surface area contributed by atoms with Gasteiger partial charge in [-0.3, -0.25) is 4.21 Å². The highest BCUT2D eigenvalue weighted by Gasteiger charge is 2.13. The summed E-state index contributed by atoms with van der Waals surface area (Å²) in [6.07, 6.45) is 0. The molecular formula is C15H17NOS. The van der Waals surface area contributed by atoms with Crippen molar-refractivity contribution in [3.8, 4) is 0 Å². The standard InChI is InChI=1S/C15H17NOS/c1-12(13-7-3-2-4-8-13)11-18(17)15-10-6-5-9-14(15)16/h2-10,12H,11,16H2,1H3. The van der Waals surface area contributed by atoms with Crippen LogP contribution in [0.15, 0.2) is 59.5 Å². The highest BCUT2D eigenvalue weighted by molar-refractivity contribution is 7.85. The molecule has 0 aromatic heterocycles. The molecule has 0 aliphatic rings. The first kappa shape index (κ1) is 12.8. The van der Waals surface area contributed by atoms with E-state index in [0.717, 1.165) is 4.90 Å². The van der Waals surface area contributed by atoms with Crippen molar-refractivity contribution in [2.75, 3.05) is 11.5 Å². The molecule has 0 bridgehead atoms. The van der Waals surface area contributed by atoms with Crippen LogP contribution in [0.4, 0.5) is 5.69 Å². The topological polar surface area (TPSA) is 43.1 Å². The van der Waals surface area contributed by atoms with Gasteiger partial charge in [0.15, 0.2) is 0 Å². The predicted molar refractivity (Wildman–Crippen MR) is 77.0 cm³/mol. The predicted octanol–water partition coefficient (Wildman–Crippen LogP) is 3.18. The number of benzene rings is 2. The van der Waals surface area contributed by atoms with E-state index in [0.29, 0.717) is 11.4 Å². The molecule has 0 aliphatic carbocycles. The maximum absolute atomic E-state index is 12.3. The van der Waals surface area contributed by atoms with Crippen molar-refractivity contribution in [1.29, 1.82) is 0 Å². The minimum Gasteiger partial charge on any atom is -0.398 e. The molecule has 18 heavy (non-hydrogen) atoms. The molecule has 2 nitrogen and oxygen atoms in total. The van der Waals surface area contributed by atoms with Gasteiger partial charge in [0.2, 0.25) is 0 Å². The number of nitrogen functional groups attached to an aromatic ring is 1. The number of hydrogen-bond acceptors (Lipinski definition) is 2. The van der Waals surface area contributed by atoms with Crippen molar-refractivity contribution < 1.29 is 4.21 Å². The van der Waals surface area contributed by atoms with Gasteiger partial charge >= 0.3 is 0 Å². The van der Waals surface area contributed by atoms with Crippen molar-refractivity contribution in [1.82, 2.24) is 0 Å². The van der Waals surface area contributed by atoms with Gasteiger partial charge in [0.25, 0.3) is 0 Å². The fraction of sp³-hybridized carbons (Fsp3) is 0.200. The second-order valence-electron chi connectivity index (χ2n) is 4.36. The molecule has 0 saturated carbocycles. The zero-order valence-corrected chi connectivity index (χ0v) is 11.2. The molecule has 0 aliphatic heterocycles. The van der Waals surface area contributed by atoms with E-state index in [1.165, 1.54) is 5.56 Å². The van der Waals surface area contributed by atoms with Gasteiger partial charge in [0, 0.05) is 11.4 Å². The largest absolute Gasteiger partial charge is 0.398 e. The van der Waals surface area contributed by atoms with Crippen molar-refractivity contribution >= 4 is 16.5 Å². The lowest BCUT2D eigenvalue weighted by molar-refractivity contribution is 0.678. The molecule has 2 rings (SSSR count). The highest BCUT2D eigenvalue weighted by Crippen LogP contribution is 2.21. The molecule has 0 spiro atoms. The fourth-order valence-corrected chi connectivity index (χ4v) is 3.27. The monoisotopic (exact) mass is 259 g/mol. The van der Waals surface area contributed by atoms with Crippen LogP contribution in [-0.4, -0.2) is 9.96 Å². The average molecular weight is 259 g/mol. The summed E-state index contributed by atoms with van der Waals surface area (Å²) in [5, 5.41) is 0. The number of rotatable bonds is 4. The van der Waals surface area contributed by atoms with E-state index in [4.69, 9.17) is 5.73 Å². The fourth-order valence-electron chi connectivity index (χ4n) is 1.88. The SMILES string of the molecule is CC(CS(=O)c1ccccc1N)c1ccccc1. The zero-order valence-electron chi connectivity index (χ0n) is 10.4. The van der Waals surface area contributed by atoms with Gasteiger partial charge in [-0.05, 0) is 23.6 Å². The summed E-state index contributed by atoms with van der Waals surface area (Å²) in [6.45, 7) is 2.09. The molecule has 2 aromatic carbocycles. The maximum Gasteiger partial charge on any atom is 0.0617 e. The van der Waals surface area contributed by atoms with Gasteiger partial charge in [-0.1, -0.05) is 49.4 Å². The third-order valence-electron chi connectivity index (χ3n) is 2.93. The van der Waals surface area contributed by atoms with E-state index in [1.807, 2.05) is 36.4 Å². The normalized spacial score (nSPS) is 14.1. The minimum atomic E-state index is -1.05. The Morgan fingerprint density at radius 2 is 1.67 bits per heavy atom. The lowest BCUT2D eigenvalue weighted by atomic mass is 10.0. The molecule has 94 valence electrons. The van der Waals surface area contributed by atoms with Gasteiger partial charge in [-0.2, -0.15) is 0 Å². The number of hydrogen-bond donors (Lipinski definition) is 1. The van der Waals surface area contributed by atoms with Crippen LogP contribution in [0.25, 0.3) is 0 Å². The molecule has 2 atom stereocenters. The van der Waals surface area contributed by atoms with E-state index >= 15 is 0 Å². The van der Waals surface area contributed by atoms with Crippen LogP contribution in [0.1, 0.15) is 18.4 Å². The second-order valence-corrected chi connectivity index (χ2v) is 5.83. The van der Waals surface area contributed by atoms with Crippen LogP contribution in [0.3, 0.4) is 0 Å². The van der Waals surface area contributed by atoms with Crippen LogP contribution in [0.2, 0.25) is 0 Å². The summed E-state index contributed by atoms with van der Waals surface area (Å²) < 4.78 is 12.3. The first-order valence-corrected chi connectivity index (χ1v) is 7.28. The average Bonchev–Trinajstić information content (AvgIpc) is 2.40. The first-order valence-electron chi connectivity index (χ1n) is 5.96. The smallest absolute Gasteiger partial charge is 0.0617 e. The van der Waals surface area contributed by atoms with Crippen LogP contribution in [0, 0.1) is 0 Å². The number of para-hydroxylation sites is 1.